The van der Waals surface area contributed by atoms with Crippen LogP contribution in [0.4, 0.5) is 5.13 Å². The SMILES string of the molecule is COC(=O)c1sc(N2C(=O)C(O)=C(C(=O)c3cccs3)[C@H]2c2cccc(Br)c2)nc1C. The van der Waals surface area contributed by atoms with Gasteiger partial charge in [0.25, 0.3) is 5.91 Å². The number of thiophene rings is 1. The van der Waals surface area contributed by atoms with Gasteiger partial charge in [-0.05, 0) is 36.1 Å². The van der Waals surface area contributed by atoms with Crippen molar-refractivity contribution < 1.29 is 24.2 Å². The van der Waals surface area contributed by atoms with Crippen LogP contribution in [0.3, 0.4) is 0 Å². The third-order valence-electron chi connectivity index (χ3n) is 4.72. The van der Waals surface area contributed by atoms with Crippen molar-refractivity contribution in [1.82, 2.24) is 4.98 Å². The van der Waals surface area contributed by atoms with Gasteiger partial charge in [-0.3, -0.25) is 14.5 Å². The molecule has 10 heteroatoms. The van der Waals surface area contributed by atoms with Crippen molar-refractivity contribution in [3.05, 3.63) is 78.6 Å². The van der Waals surface area contributed by atoms with Crippen molar-refractivity contribution in [3.8, 4) is 0 Å². The van der Waals surface area contributed by atoms with Crippen LogP contribution in [-0.4, -0.2) is 34.9 Å². The van der Waals surface area contributed by atoms with E-state index in [0.717, 1.165) is 15.8 Å². The van der Waals surface area contributed by atoms with E-state index in [9.17, 15) is 19.5 Å². The molecular formula is C21H15BrN2O5S2. The predicted molar refractivity (Wildman–Crippen MR) is 121 cm³/mol. The van der Waals surface area contributed by atoms with Gasteiger partial charge >= 0.3 is 5.97 Å². The normalized spacial score (nSPS) is 16.2. The second kappa shape index (κ2) is 8.37. The molecule has 4 rings (SSSR count). The third-order valence-corrected chi connectivity index (χ3v) is 7.22. The minimum absolute atomic E-state index is 0.0296. The number of Topliss-reactive ketones (excluding diaryl/α,β-unsaturated/α-hetero) is 1. The molecule has 0 aliphatic carbocycles. The van der Waals surface area contributed by atoms with Gasteiger partial charge in [0.05, 0.1) is 29.3 Å². The Morgan fingerprint density at radius 2 is 2.03 bits per heavy atom. The average molecular weight is 519 g/mol. The maximum atomic E-state index is 13.2. The number of methoxy groups -OCH3 is 1. The van der Waals surface area contributed by atoms with Crippen LogP contribution in [0.25, 0.3) is 0 Å². The summed E-state index contributed by atoms with van der Waals surface area (Å²) in [5.74, 6) is -2.39. The number of ketones is 1. The van der Waals surface area contributed by atoms with Gasteiger partial charge in [0.2, 0.25) is 5.78 Å². The lowest BCUT2D eigenvalue weighted by atomic mass is 9.96. The molecule has 0 saturated carbocycles. The Bertz CT molecular complexity index is 1230. The molecule has 2 aromatic heterocycles. The Labute approximate surface area is 193 Å². The maximum absolute atomic E-state index is 13.2. The summed E-state index contributed by atoms with van der Waals surface area (Å²) in [5.41, 5.74) is 0.974. The molecule has 1 N–H and O–H groups in total. The van der Waals surface area contributed by atoms with E-state index in [1.54, 1.807) is 42.6 Å². The maximum Gasteiger partial charge on any atom is 0.350 e. The molecule has 1 aliphatic heterocycles. The van der Waals surface area contributed by atoms with E-state index >= 15 is 0 Å². The number of aromatic nitrogens is 1. The van der Waals surface area contributed by atoms with Crippen molar-refractivity contribution in [2.24, 2.45) is 0 Å². The Kier molecular flexibility index (Phi) is 5.78. The zero-order valence-corrected chi connectivity index (χ0v) is 19.5. The number of anilines is 1. The predicted octanol–water partition coefficient (Wildman–Crippen LogP) is 4.85. The summed E-state index contributed by atoms with van der Waals surface area (Å²) >= 11 is 5.61. The summed E-state index contributed by atoms with van der Waals surface area (Å²) in [4.78, 5) is 44.7. The molecule has 31 heavy (non-hydrogen) atoms. The Balaban J connectivity index is 1.88. The molecule has 0 fully saturated rings. The number of benzene rings is 1. The smallest absolute Gasteiger partial charge is 0.350 e. The van der Waals surface area contributed by atoms with Crippen LogP contribution >= 0.6 is 38.6 Å². The standard InChI is InChI=1S/C21H15BrN2O5S2/c1-10-18(20(28)29-2)31-21(23-10)24-15(11-5-3-6-12(22)9-11)14(17(26)19(24)27)16(25)13-7-4-8-30-13/h3-9,15,26H,1-2H3/t15-/m1/s1. The molecule has 3 aromatic rings. The first kappa shape index (κ1) is 21.4. The fourth-order valence-electron chi connectivity index (χ4n) is 3.33. The molecular weight excluding hydrogens is 504 g/mol. The fraction of sp³-hybridized carbons (Fsp3) is 0.143. The molecule has 1 aromatic carbocycles. The van der Waals surface area contributed by atoms with Crippen LogP contribution in [0, 0.1) is 6.92 Å². The summed E-state index contributed by atoms with van der Waals surface area (Å²) < 4.78 is 5.53. The van der Waals surface area contributed by atoms with Gasteiger partial charge in [-0.15, -0.1) is 11.3 Å². The number of hydrogen-bond donors (Lipinski definition) is 1. The third kappa shape index (κ3) is 3.71. The Morgan fingerprint density at radius 1 is 1.26 bits per heavy atom. The highest BCUT2D eigenvalue weighted by Gasteiger charge is 2.46. The van der Waals surface area contributed by atoms with E-state index in [1.165, 1.54) is 23.3 Å². The van der Waals surface area contributed by atoms with Gasteiger partial charge in [0.15, 0.2) is 10.9 Å². The summed E-state index contributed by atoms with van der Waals surface area (Å²) in [5, 5.41) is 12.7. The number of aryl methyl sites for hydroxylation is 1. The number of nitrogens with zero attached hydrogens (tertiary/aromatic N) is 2. The van der Waals surface area contributed by atoms with Gasteiger partial charge in [-0.25, -0.2) is 9.78 Å². The molecule has 1 amide bonds. The number of carbonyl (C=O) groups excluding carboxylic acids is 3. The molecule has 1 aliphatic rings. The minimum atomic E-state index is -0.907. The topological polar surface area (TPSA) is 96.8 Å². The number of rotatable bonds is 5. The average Bonchev–Trinajstić information content (AvgIpc) is 3.47. The van der Waals surface area contributed by atoms with Crippen LogP contribution in [-0.2, 0) is 9.53 Å². The molecule has 1 atom stereocenters. The largest absolute Gasteiger partial charge is 0.503 e. The quantitative estimate of drug-likeness (QED) is 0.383. The highest BCUT2D eigenvalue weighted by Crippen LogP contribution is 2.44. The Hall–Kier alpha value is -2.82. The molecule has 0 bridgehead atoms. The van der Waals surface area contributed by atoms with E-state index in [-0.39, 0.29) is 15.6 Å². The number of halogens is 1. The number of thiazole rings is 1. The highest BCUT2D eigenvalue weighted by molar-refractivity contribution is 9.10. The van der Waals surface area contributed by atoms with Gasteiger partial charge in [0.1, 0.15) is 4.88 Å². The van der Waals surface area contributed by atoms with E-state index in [2.05, 4.69) is 20.9 Å². The van der Waals surface area contributed by atoms with E-state index in [0.29, 0.717) is 16.1 Å². The number of ether oxygens (including phenoxy) is 1. The molecule has 158 valence electrons. The minimum Gasteiger partial charge on any atom is -0.503 e. The summed E-state index contributed by atoms with van der Waals surface area (Å²) in [6.07, 6.45) is 0. The summed E-state index contributed by atoms with van der Waals surface area (Å²) in [7, 11) is 1.26. The number of aliphatic hydroxyl groups is 1. The first-order valence-electron chi connectivity index (χ1n) is 8.99. The molecule has 7 nitrogen and oxygen atoms in total. The van der Waals surface area contributed by atoms with E-state index in [1.807, 2.05) is 6.07 Å². The van der Waals surface area contributed by atoms with Crippen molar-refractivity contribution >= 4 is 61.4 Å². The highest BCUT2D eigenvalue weighted by atomic mass is 79.9. The van der Waals surface area contributed by atoms with Crippen LogP contribution in [0.1, 0.15) is 36.6 Å². The van der Waals surface area contributed by atoms with Gasteiger partial charge in [-0.1, -0.05) is 45.5 Å². The zero-order valence-electron chi connectivity index (χ0n) is 16.3. The lowest BCUT2D eigenvalue weighted by molar-refractivity contribution is -0.117. The lowest BCUT2D eigenvalue weighted by Gasteiger charge is -2.24. The molecule has 3 heterocycles. The second-order valence-corrected chi connectivity index (χ2v) is 9.44. The monoisotopic (exact) mass is 518 g/mol. The number of hydrogen-bond acceptors (Lipinski definition) is 8. The summed E-state index contributed by atoms with van der Waals surface area (Å²) in [6.45, 7) is 1.63. The number of esters is 1. The van der Waals surface area contributed by atoms with Crippen LogP contribution in [0.5, 0.6) is 0 Å². The second-order valence-electron chi connectivity index (χ2n) is 6.60. The zero-order chi connectivity index (χ0) is 22.3. The molecule has 0 radical (unpaired) electrons. The van der Waals surface area contributed by atoms with Crippen LogP contribution in [0.2, 0.25) is 0 Å². The van der Waals surface area contributed by atoms with Gasteiger partial charge in [-0.2, -0.15) is 0 Å². The first-order valence-corrected chi connectivity index (χ1v) is 11.5. The number of amides is 1. The van der Waals surface area contributed by atoms with Crippen LogP contribution < -0.4 is 4.90 Å². The van der Waals surface area contributed by atoms with Crippen molar-refractivity contribution in [1.29, 1.82) is 0 Å². The van der Waals surface area contributed by atoms with Crippen molar-refractivity contribution in [2.75, 3.05) is 12.0 Å². The number of aliphatic hydroxyl groups excluding tert-OH is 1. The molecule has 0 spiro atoms. The van der Waals surface area contributed by atoms with Crippen LogP contribution in [0.15, 0.2) is 57.6 Å². The van der Waals surface area contributed by atoms with Gasteiger partial charge in [0, 0.05) is 4.47 Å². The molecule has 0 unspecified atom stereocenters. The summed E-state index contributed by atoms with van der Waals surface area (Å²) in [6, 6.07) is 9.59. The fourth-order valence-corrected chi connectivity index (χ4v) is 5.44. The van der Waals surface area contributed by atoms with Crippen molar-refractivity contribution in [2.45, 2.75) is 13.0 Å². The first-order chi connectivity index (χ1) is 14.8. The van der Waals surface area contributed by atoms with Crippen molar-refractivity contribution in [3.63, 3.8) is 0 Å². The lowest BCUT2D eigenvalue weighted by Crippen LogP contribution is -2.31. The Morgan fingerprint density at radius 3 is 2.68 bits per heavy atom. The van der Waals surface area contributed by atoms with E-state index < -0.39 is 29.5 Å². The molecule has 0 saturated heterocycles. The number of carbonyl (C=O) groups is 3. The van der Waals surface area contributed by atoms with Gasteiger partial charge < -0.3 is 9.84 Å². The van der Waals surface area contributed by atoms with E-state index in [4.69, 9.17) is 4.74 Å².